The predicted molar refractivity (Wildman–Crippen MR) is 54.9 cm³/mol. The van der Waals surface area contributed by atoms with Gasteiger partial charge < -0.3 is 9.15 Å². The molecule has 1 rings (SSSR count). The van der Waals surface area contributed by atoms with Gasteiger partial charge in [-0.05, 0) is 37.7 Å². The molecule has 0 N–H and O–H groups in total. The van der Waals surface area contributed by atoms with Crippen molar-refractivity contribution in [3.8, 4) is 5.75 Å². The highest BCUT2D eigenvalue weighted by atomic mass is 32.1. The maximum Gasteiger partial charge on any atom is 0.311 e. The SMILES string of the molecule is CCC(=O)Oc1c(C)cc(=S)oc1C. The van der Waals surface area contributed by atoms with Crippen molar-refractivity contribution in [1.82, 2.24) is 0 Å². The van der Waals surface area contributed by atoms with Crippen molar-refractivity contribution >= 4 is 18.2 Å². The fourth-order valence-corrected chi connectivity index (χ4v) is 1.39. The van der Waals surface area contributed by atoms with Gasteiger partial charge >= 0.3 is 5.97 Å². The van der Waals surface area contributed by atoms with Crippen LogP contribution in [0.1, 0.15) is 24.7 Å². The Morgan fingerprint density at radius 1 is 1.57 bits per heavy atom. The lowest BCUT2D eigenvalue weighted by Crippen LogP contribution is -2.07. The van der Waals surface area contributed by atoms with Gasteiger partial charge in [-0.2, -0.15) is 0 Å². The molecule has 0 unspecified atom stereocenters. The number of rotatable bonds is 2. The Balaban J connectivity index is 3.09. The molecular weight excluding hydrogens is 200 g/mol. The Kier molecular flexibility index (Phi) is 3.41. The normalized spacial score (nSPS) is 9.93. The zero-order chi connectivity index (χ0) is 10.7. The average molecular weight is 212 g/mol. The van der Waals surface area contributed by atoms with Crippen molar-refractivity contribution in [1.29, 1.82) is 0 Å². The first-order valence-electron chi connectivity index (χ1n) is 4.36. The van der Waals surface area contributed by atoms with Gasteiger partial charge in [0, 0.05) is 6.42 Å². The van der Waals surface area contributed by atoms with E-state index in [1.54, 1.807) is 19.9 Å². The van der Waals surface area contributed by atoms with Crippen LogP contribution in [0.3, 0.4) is 0 Å². The van der Waals surface area contributed by atoms with Gasteiger partial charge in [0.05, 0.1) is 0 Å². The lowest BCUT2D eigenvalue weighted by atomic mass is 10.2. The van der Waals surface area contributed by atoms with Crippen LogP contribution >= 0.6 is 12.2 Å². The number of carbonyl (C=O) groups excluding carboxylic acids is 1. The van der Waals surface area contributed by atoms with Crippen molar-refractivity contribution in [2.75, 3.05) is 0 Å². The summed E-state index contributed by atoms with van der Waals surface area (Å²) in [5, 5.41) is 0. The summed E-state index contributed by atoms with van der Waals surface area (Å²) in [6.07, 6.45) is 0.342. The van der Waals surface area contributed by atoms with Crippen LogP contribution in [0.4, 0.5) is 0 Å². The molecule has 0 aliphatic carbocycles. The minimum Gasteiger partial charge on any atom is -0.447 e. The van der Waals surface area contributed by atoms with Gasteiger partial charge in [0.25, 0.3) is 0 Å². The number of esters is 1. The summed E-state index contributed by atoms with van der Waals surface area (Å²) in [6.45, 7) is 5.29. The predicted octanol–water partition coefficient (Wildman–Crippen LogP) is 2.94. The molecule has 0 bridgehead atoms. The fourth-order valence-electron chi connectivity index (χ4n) is 1.09. The molecule has 0 aromatic carbocycles. The van der Waals surface area contributed by atoms with Crippen molar-refractivity contribution in [2.45, 2.75) is 27.2 Å². The third kappa shape index (κ3) is 2.42. The van der Waals surface area contributed by atoms with Crippen LogP contribution in [0.15, 0.2) is 10.5 Å². The first kappa shape index (κ1) is 10.9. The minimum atomic E-state index is -0.275. The second kappa shape index (κ2) is 4.37. The van der Waals surface area contributed by atoms with Crippen molar-refractivity contribution < 1.29 is 13.9 Å². The Labute approximate surface area is 87.7 Å². The van der Waals surface area contributed by atoms with Crippen LogP contribution in [0, 0.1) is 18.6 Å². The molecule has 0 fully saturated rings. The standard InChI is InChI=1S/C10H12O3S/c1-4-8(11)13-10-6(2)5-9(14)12-7(10)3/h5H,4H2,1-3H3. The van der Waals surface area contributed by atoms with Crippen molar-refractivity contribution in [3.63, 3.8) is 0 Å². The molecule has 0 radical (unpaired) electrons. The van der Waals surface area contributed by atoms with Crippen LogP contribution < -0.4 is 4.74 Å². The Morgan fingerprint density at radius 2 is 2.21 bits per heavy atom. The molecule has 1 heterocycles. The molecule has 4 heteroatoms. The quantitative estimate of drug-likeness (QED) is 0.558. The molecular formula is C10H12O3S. The molecule has 1 aromatic heterocycles. The van der Waals surface area contributed by atoms with Crippen molar-refractivity contribution in [3.05, 3.63) is 22.1 Å². The molecule has 0 aliphatic rings. The monoisotopic (exact) mass is 212 g/mol. The second-order valence-corrected chi connectivity index (χ2v) is 3.36. The summed E-state index contributed by atoms with van der Waals surface area (Å²) in [4.78, 5) is 11.1. The molecule has 0 saturated heterocycles. The van der Waals surface area contributed by atoms with E-state index < -0.39 is 0 Å². The van der Waals surface area contributed by atoms with Gasteiger partial charge in [0.2, 0.25) is 0 Å². The van der Waals surface area contributed by atoms with E-state index in [1.165, 1.54) is 0 Å². The van der Waals surface area contributed by atoms with Crippen LogP contribution in [-0.2, 0) is 4.79 Å². The first-order valence-corrected chi connectivity index (χ1v) is 4.77. The van der Waals surface area contributed by atoms with Crippen LogP contribution in [0.25, 0.3) is 0 Å². The van der Waals surface area contributed by atoms with Crippen LogP contribution in [0.2, 0.25) is 0 Å². The lowest BCUT2D eigenvalue weighted by molar-refractivity contribution is -0.134. The Morgan fingerprint density at radius 3 is 2.71 bits per heavy atom. The number of hydrogen-bond donors (Lipinski definition) is 0. The number of carbonyl (C=O) groups is 1. The highest BCUT2D eigenvalue weighted by Crippen LogP contribution is 2.23. The van der Waals surface area contributed by atoms with Gasteiger partial charge in [-0.1, -0.05) is 6.92 Å². The Hall–Kier alpha value is -1.16. The summed E-state index contributed by atoms with van der Waals surface area (Å²) in [5.74, 6) is 0.741. The van der Waals surface area contributed by atoms with Gasteiger partial charge in [0.15, 0.2) is 10.5 Å². The van der Waals surface area contributed by atoms with E-state index in [4.69, 9.17) is 21.4 Å². The first-order chi connectivity index (χ1) is 6.54. The van der Waals surface area contributed by atoms with Gasteiger partial charge in [-0.25, -0.2) is 0 Å². The zero-order valence-electron chi connectivity index (χ0n) is 8.42. The molecule has 0 aliphatic heterocycles. The summed E-state index contributed by atoms with van der Waals surface area (Å²) in [6, 6.07) is 1.67. The van der Waals surface area contributed by atoms with Gasteiger partial charge in [-0.3, -0.25) is 4.79 Å². The third-order valence-corrected chi connectivity index (χ3v) is 1.97. The molecule has 0 saturated carbocycles. The third-order valence-electron chi connectivity index (χ3n) is 1.77. The summed E-state index contributed by atoms with van der Waals surface area (Å²) < 4.78 is 10.7. The summed E-state index contributed by atoms with van der Waals surface area (Å²) >= 11 is 4.88. The Bertz CT molecular complexity index is 380. The number of hydrogen-bond acceptors (Lipinski definition) is 4. The maximum atomic E-state index is 11.1. The van der Waals surface area contributed by atoms with Gasteiger partial charge in [-0.15, -0.1) is 0 Å². The molecule has 0 atom stereocenters. The van der Waals surface area contributed by atoms with E-state index in [0.29, 0.717) is 22.6 Å². The molecule has 0 spiro atoms. The average Bonchev–Trinajstić information content (AvgIpc) is 2.10. The molecule has 14 heavy (non-hydrogen) atoms. The molecule has 76 valence electrons. The largest absolute Gasteiger partial charge is 0.447 e. The second-order valence-electron chi connectivity index (χ2n) is 2.96. The highest BCUT2D eigenvalue weighted by Gasteiger charge is 2.10. The molecule has 3 nitrogen and oxygen atoms in total. The van der Waals surface area contributed by atoms with Crippen molar-refractivity contribution in [2.24, 2.45) is 0 Å². The highest BCUT2D eigenvalue weighted by molar-refractivity contribution is 7.71. The van der Waals surface area contributed by atoms with Crippen LogP contribution in [0.5, 0.6) is 5.75 Å². The number of ether oxygens (including phenoxy) is 1. The lowest BCUT2D eigenvalue weighted by Gasteiger charge is -2.07. The van der Waals surface area contributed by atoms with E-state index in [-0.39, 0.29) is 5.97 Å². The summed E-state index contributed by atoms with van der Waals surface area (Å²) in [7, 11) is 0. The van der Waals surface area contributed by atoms with Gasteiger partial charge in [0.1, 0.15) is 5.76 Å². The van der Waals surface area contributed by atoms with E-state index in [1.807, 2.05) is 6.92 Å². The summed E-state index contributed by atoms with van der Waals surface area (Å²) in [5.41, 5.74) is 0.820. The molecule has 1 aromatic rings. The van der Waals surface area contributed by atoms with Crippen LogP contribution in [-0.4, -0.2) is 5.97 Å². The van der Waals surface area contributed by atoms with E-state index in [0.717, 1.165) is 5.56 Å². The topological polar surface area (TPSA) is 39.4 Å². The smallest absolute Gasteiger partial charge is 0.311 e. The number of aryl methyl sites for hydroxylation is 2. The fraction of sp³-hybridized carbons (Fsp3) is 0.400. The maximum absolute atomic E-state index is 11.1. The zero-order valence-corrected chi connectivity index (χ0v) is 9.23. The van der Waals surface area contributed by atoms with E-state index in [2.05, 4.69) is 0 Å². The van der Waals surface area contributed by atoms with E-state index in [9.17, 15) is 4.79 Å². The molecule has 0 amide bonds. The van der Waals surface area contributed by atoms with E-state index >= 15 is 0 Å². The minimum absolute atomic E-state index is 0.275.